The molecule has 0 aliphatic carbocycles. The van der Waals surface area contributed by atoms with E-state index >= 15 is 0 Å². The summed E-state index contributed by atoms with van der Waals surface area (Å²) in [5.74, 6) is -0.370. The van der Waals surface area contributed by atoms with Gasteiger partial charge in [-0.15, -0.1) is 0 Å². The van der Waals surface area contributed by atoms with Gasteiger partial charge in [0.2, 0.25) is 0 Å². The molecule has 0 saturated carbocycles. The number of anilines is 1. The van der Waals surface area contributed by atoms with Gasteiger partial charge in [0.15, 0.2) is 0 Å². The summed E-state index contributed by atoms with van der Waals surface area (Å²) in [5, 5.41) is 2.88. The number of hydrogen-bond donors (Lipinski definition) is 1. The third-order valence-corrected chi connectivity index (χ3v) is 3.57. The number of ether oxygens (including phenoxy) is 2. The maximum atomic E-state index is 12.3. The van der Waals surface area contributed by atoms with E-state index in [9.17, 15) is 9.59 Å². The number of morpholine rings is 1. The van der Waals surface area contributed by atoms with Crippen LogP contribution < -0.4 is 5.32 Å². The van der Waals surface area contributed by atoms with Gasteiger partial charge in [0.25, 0.3) is 0 Å². The fourth-order valence-electron chi connectivity index (χ4n) is 2.58. The fourth-order valence-corrected chi connectivity index (χ4v) is 2.58. The van der Waals surface area contributed by atoms with Crippen LogP contribution in [0.15, 0.2) is 30.3 Å². The van der Waals surface area contributed by atoms with Crippen molar-refractivity contribution in [1.82, 2.24) is 4.90 Å². The van der Waals surface area contributed by atoms with Gasteiger partial charge < -0.3 is 19.7 Å². The number of amides is 2. The highest BCUT2D eigenvalue weighted by Crippen LogP contribution is 2.15. The SMILES string of the molecule is CCOC(=O)/C=C/c1ccc(NC(=O)N2C[C@@H](C)O[C@@H](C)C2)cc1. The molecule has 24 heavy (non-hydrogen) atoms. The molecule has 0 spiro atoms. The predicted octanol–water partition coefficient (Wildman–Crippen LogP) is 2.90. The van der Waals surface area contributed by atoms with Crippen LogP contribution in [0, 0.1) is 0 Å². The maximum Gasteiger partial charge on any atom is 0.330 e. The van der Waals surface area contributed by atoms with Gasteiger partial charge in [-0.2, -0.15) is 0 Å². The molecule has 1 heterocycles. The summed E-state index contributed by atoms with van der Waals surface area (Å²) in [7, 11) is 0. The summed E-state index contributed by atoms with van der Waals surface area (Å²) in [6.07, 6.45) is 3.13. The zero-order valence-electron chi connectivity index (χ0n) is 14.3. The van der Waals surface area contributed by atoms with Crippen molar-refractivity contribution in [1.29, 1.82) is 0 Å². The highest BCUT2D eigenvalue weighted by molar-refractivity contribution is 5.90. The monoisotopic (exact) mass is 332 g/mol. The normalized spacial score (nSPS) is 20.9. The maximum absolute atomic E-state index is 12.3. The molecule has 1 aliphatic heterocycles. The molecule has 2 atom stereocenters. The Morgan fingerprint density at radius 1 is 1.25 bits per heavy atom. The van der Waals surface area contributed by atoms with Gasteiger partial charge in [-0.05, 0) is 44.5 Å². The van der Waals surface area contributed by atoms with Crippen molar-refractivity contribution in [2.75, 3.05) is 25.0 Å². The van der Waals surface area contributed by atoms with Gasteiger partial charge in [0.1, 0.15) is 0 Å². The summed E-state index contributed by atoms with van der Waals surface area (Å²) in [6, 6.07) is 7.13. The van der Waals surface area contributed by atoms with Crippen molar-refractivity contribution in [2.45, 2.75) is 33.0 Å². The van der Waals surface area contributed by atoms with Gasteiger partial charge in [-0.25, -0.2) is 9.59 Å². The van der Waals surface area contributed by atoms with Crippen molar-refractivity contribution in [3.8, 4) is 0 Å². The van der Waals surface area contributed by atoms with Crippen LogP contribution in [0.2, 0.25) is 0 Å². The number of carbonyl (C=O) groups is 2. The highest BCUT2D eigenvalue weighted by Gasteiger charge is 2.25. The molecule has 0 bridgehead atoms. The molecule has 2 rings (SSSR count). The lowest BCUT2D eigenvalue weighted by molar-refractivity contribution is -0.137. The number of carbonyl (C=O) groups excluding carboxylic acids is 2. The first-order chi connectivity index (χ1) is 11.5. The van der Waals surface area contributed by atoms with E-state index in [0.29, 0.717) is 25.4 Å². The van der Waals surface area contributed by atoms with E-state index in [2.05, 4.69) is 5.32 Å². The van der Waals surface area contributed by atoms with Crippen LogP contribution in [0.25, 0.3) is 6.08 Å². The molecule has 0 aromatic heterocycles. The zero-order valence-corrected chi connectivity index (χ0v) is 14.3. The lowest BCUT2D eigenvalue weighted by Gasteiger charge is -2.35. The number of benzene rings is 1. The summed E-state index contributed by atoms with van der Waals surface area (Å²) in [4.78, 5) is 25.3. The molecule has 6 heteroatoms. The van der Waals surface area contributed by atoms with Crippen LogP contribution in [0.1, 0.15) is 26.3 Å². The molecular weight excluding hydrogens is 308 g/mol. The first-order valence-electron chi connectivity index (χ1n) is 8.14. The summed E-state index contributed by atoms with van der Waals surface area (Å²) in [6.45, 7) is 7.19. The third kappa shape index (κ3) is 5.38. The topological polar surface area (TPSA) is 67.9 Å². The molecule has 1 aromatic rings. The summed E-state index contributed by atoms with van der Waals surface area (Å²) in [5.41, 5.74) is 1.56. The number of esters is 1. The number of hydrogen-bond acceptors (Lipinski definition) is 4. The van der Waals surface area contributed by atoms with Gasteiger partial charge in [-0.3, -0.25) is 0 Å². The number of nitrogens with one attached hydrogen (secondary N) is 1. The minimum Gasteiger partial charge on any atom is -0.463 e. The zero-order chi connectivity index (χ0) is 17.5. The Morgan fingerprint density at radius 2 is 1.88 bits per heavy atom. The van der Waals surface area contributed by atoms with Gasteiger partial charge >= 0.3 is 12.0 Å². The largest absolute Gasteiger partial charge is 0.463 e. The molecule has 1 aromatic carbocycles. The third-order valence-electron chi connectivity index (χ3n) is 3.57. The Hall–Kier alpha value is -2.34. The minimum absolute atomic E-state index is 0.0369. The Morgan fingerprint density at radius 3 is 2.46 bits per heavy atom. The van der Waals surface area contributed by atoms with Crippen LogP contribution in [-0.4, -0.2) is 48.8 Å². The number of rotatable bonds is 4. The van der Waals surface area contributed by atoms with Crippen molar-refractivity contribution < 1.29 is 19.1 Å². The average molecular weight is 332 g/mol. The highest BCUT2D eigenvalue weighted by atomic mass is 16.5. The van der Waals surface area contributed by atoms with Crippen LogP contribution in [0.4, 0.5) is 10.5 Å². The molecule has 0 unspecified atom stereocenters. The first kappa shape index (κ1) is 18.0. The second-order valence-electron chi connectivity index (χ2n) is 5.80. The lowest BCUT2D eigenvalue weighted by atomic mass is 10.2. The van der Waals surface area contributed by atoms with E-state index in [-0.39, 0.29) is 24.2 Å². The second kappa shape index (κ2) is 8.49. The number of nitrogens with zero attached hydrogens (tertiary/aromatic N) is 1. The van der Waals surface area contributed by atoms with Crippen molar-refractivity contribution >= 4 is 23.8 Å². The van der Waals surface area contributed by atoms with Gasteiger partial charge in [0, 0.05) is 24.9 Å². The van der Waals surface area contributed by atoms with E-state index in [0.717, 1.165) is 5.56 Å². The Labute approximate surface area is 142 Å². The molecule has 1 aliphatic rings. The quantitative estimate of drug-likeness (QED) is 0.680. The van der Waals surface area contributed by atoms with Gasteiger partial charge in [-0.1, -0.05) is 12.1 Å². The Bertz CT molecular complexity index is 588. The average Bonchev–Trinajstić information content (AvgIpc) is 2.53. The standard InChI is InChI=1S/C18H24N2O4/c1-4-23-17(21)10-7-15-5-8-16(9-6-15)19-18(22)20-11-13(2)24-14(3)12-20/h5-10,13-14H,4,11-12H2,1-3H3,(H,19,22)/b10-7+/t13-,14+. The minimum atomic E-state index is -0.370. The summed E-state index contributed by atoms with van der Waals surface area (Å²) >= 11 is 0. The van der Waals surface area contributed by atoms with E-state index in [1.54, 1.807) is 30.0 Å². The Kier molecular flexibility index (Phi) is 6.37. The molecular formula is C18H24N2O4. The molecule has 6 nitrogen and oxygen atoms in total. The van der Waals surface area contributed by atoms with Gasteiger partial charge in [0.05, 0.1) is 18.8 Å². The molecule has 130 valence electrons. The molecule has 1 fully saturated rings. The lowest BCUT2D eigenvalue weighted by Crippen LogP contribution is -2.49. The second-order valence-corrected chi connectivity index (χ2v) is 5.80. The van der Waals surface area contributed by atoms with Crippen LogP contribution in [0.5, 0.6) is 0 Å². The molecule has 0 radical (unpaired) electrons. The number of urea groups is 1. The molecule has 1 saturated heterocycles. The van der Waals surface area contributed by atoms with Crippen LogP contribution in [0.3, 0.4) is 0 Å². The van der Waals surface area contributed by atoms with Crippen LogP contribution in [-0.2, 0) is 14.3 Å². The van der Waals surface area contributed by atoms with E-state index < -0.39 is 0 Å². The Balaban J connectivity index is 1.91. The van der Waals surface area contributed by atoms with E-state index in [1.165, 1.54) is 6.08 Å². The van der Waals surface area contributed by atoms with Crippen molar-refractivity contribution in [2.24, 2.45) is 0 Å². The van der Waals surface area contributed by atoms with E-state index in [1.807, 2.05) is 26.0 Å². The van der Waals surface area contributed by atoms with Crippen molar-refractivity contribution in [3.05, 3.63) is 35.9 Å². The smallest absolute Gasteiger partial charge is 0.330 e. The molecule has 1 N–H and O–H groups in total. The first-order valence-corrected chi connectivity index (χ1v) is 8.14. The van der Waals surface area contributed by atoms with Crippen LogP contribution >= 0.6 is 0 Å². The van der Waals surface area contributed by atoms with E-state index in [4.69, 9.17) is 9.47 Å². The predicted molar refractivity (Wildman–Crippen MR) is 92.7 cm³/mol. The summed E-state index contributed by atoms with van der Waals surface area (Å²) < 4.78 is 10.5. The fraction of sp³-hybridized carbons (Fsp3) is 0.444. The van der Waals surface area contributed by atoms with Crippen molar-refractivity contribution in [3.63, 3.8) is 0 Å². The molecule has 2 amide bonds.